The van der Waals surface area contributed by atoms with E-state index in [0.29, 0.717) is 0 Å². The van der Waals surface area contributed by atoms with Gasteiger partial charge in [-0.25, -0.2) is 14.4 Å². The van der Waals surface area contributed by atoms with E-state index < -0.39 is 0 Å². The molecule has 0 bridgehead atoms. The third kappa shape index (κ3) is 2.43. The second kappa shape index (κ2) is 4.61. The molecule has 0 aliphatic carbocycles. The summed E-state index contributed by atoms with van der Waals surface area (Å²) in [6, 6.07) is 6.98. The molecule has 0 N–H and O–H groups in total. The first-order valence-corrected chi connectivity index (χ1v) is 6.46. The summed E-state index contributed by atoms with van der Waals surface area (Å²) in [7, 11) is 0. The Morgan fingerprint density at radius 2 is 1.79 bits per heavy atom. The molecule has 1 aliphatic heterocycles. The molecule has 0 saturated heterocycles. The number of nitrogens with zero attached hydrogens (tertiary/aromatic N) is 3. The molecule has 2 aromatic rings. The van der Waals surface area contributed by atoms with Gasteiger partial charge in [0, 0.05) is 24.5 Å². The van der Waals surface area contributed by atoms with Crippen molar-refractivity contribution in [2.45, 2.75) is 26.8 Å². The predicted octanol–water partition coefficient (Wildman–Crippen LogP) is 2.80. The highest BCUT2D eigenvalue weighted by Gasteiger charge is 2.19. The van der Waals surface area contributed by atoms with Crippen molar-refractivity contribution in [3.8, 4) is 0 Å². The Morgan fingerprint density at radius 1 is 1.05 bits per heavy atom. The van der Waals surface area contributed by atoms with Crippen LogP contribution in [0.5, 0.6) is 0 Å². The number of aryl methyl sites for hydroxylation is 2. The van der Waals surface area contributed by atoms with Crippen molar-refractivity contribution in [3.63, 3.8) is 0 Å². The highest BCUT2D eigenvalue weighted by atomic mass is 19.1. The molecule has 0 radical (unpaired) electrons. The van der Waals surface area contributed by atoms with Gasteiger partial charge >= 0.3 is 0 Å². The van der Waals surface area contributed by atoms with Crippen LogP contribution in [0.3, 0.4) is 0 Å². The molecule has 0 saturated carbocycles. The van der Waals surface area contributed by atoms with Crippen LogP contribution in [0.25, 0.3) is 0 Å². The number of halogens is 1. The van der Waals surface area contributed by atoms with Crippen molar-refractivity contribution in [2.75, 3.05) is 11.4 Å². The van der Waals surface area contributed by atoms with Crippen molar-refractivity contribution < 1.29 is 4.39 Å². The highest BCUT2D eigenvalue weighted by Crippen LogP contribution is 2.23. The van der Waals surface area contributed by atoms with E-state index in [1.165, 1.54) is 6.07 Å². The molecular weight excluding hydrogens is 241 g/mol. The minimum Gasteiger partial charge on any atom is -0.336 e. The average molecular weight is 257 g/mol. The lowest BCUT2D eigenvalue weighted by molar-refractivity contribution is 0.618. The molecule has 0 fully saturated rings. The predicted molar refractivity (Wildman–Crippen MR) is 72.7 cm³/mol. The average Bonchev–Trinajstić information content (AvgIpc) is 2.37. The number of anilines is 1. The van der Waals surface area contributed by atoms with Gasteiger partial charge in [0.1, 0.15) is 5.82 Å². The fourth-order valence-corrected chi connectivity index (χ4v) is 2.54. The van der Waals surface area contributed by atoms with Gasteiger partial charge in [-0.15, -0.1) is 0 Å². The van der Waals surface area contributed by atoms with Gasteiger partial charge in [0.25, 0.3) is 0 Å². The van der Waals surface area contributed by atoms with Crippen LogP contribution >= 0.6 is 0 Å². The maximum Gasteiger partial charge on any atom is 0.226 e. The molecule has 1 aromatic carbocycles. The molecule has 0 amide bonds. The summed E-state index contributed by atoms with van der Waals surface area (Å²) in [4.78, 5) is 11.1. The zero-order valence-electron chi connectivity index (χ0n) is 11.2. The third-order valence-corrected chi connectivity index (χ3v) is 3.43. The fourth-order valence-electron chi connectivity index (χ4n) is 2.54. The van der Waals surface area contributed by atoms with E-state index in [1.54, 1.807) is 6.07 Å². The Kier molecular flexibility index (Phi) is 2.93. The molecule has 1 aromatic heterocycles. The fraction of sp³-hybridized carbons (Fsp3) is 0.333. The van der Waals surface area contributed by atoms with Crippen LogP contribution in [-0.4, -0.2) is 16.5 Å². The molecular formula is C15H16FN3. The van der Waals surface area contributed by atoms with E-state index in [1.807, 2.05) is 26.0 Å². The van der Waals surface area contributed by atoms with E-state index in [9.17, 15) is 4.39 Å². The van der Waals surface area contributed by atoms with Crippen molar-refractivity contribution in [3.05, 3.63) is 52.6 Å². The lowest BCUT2D eigenvalue weighted by Gasteiger charge is -2.29. The zero-order chi connectivity index (χ0) is 13.4. The van der Waals surface area contributed by atoms with Gasteiger partial charge in [0.2, 0.25) is 5.95 Å². The summed E-state index contributed by atoms with van der Waals surface area (Å²) in [5.41, 5.74) is 4.22. The van der Waals surface area contributed by atoms with Gasteiger partial charge in [-0.05, 0) is 49.6 Å². The first-order chi connectivity index (χ1) is 9.11. The normalized spacial score (nSPS) is 14.4. The van der Waals surface area contributed by atoms with E-state index in [-0.39, 0.29) is 5.82 Å². The maximum atomic E-state index is 13.2. The second-order valence-corrected chi connectivity index (χ2v) is 5.04. The SMILES string of the molecule is Cc1cc(C)nc(N2CCc3cc(F)ccc3C2)n1. The lowest BCUT2D eigenvalue weighted by atomic mass is 10.00. The Morgan fingerprint density at radius 3 is 2.53 bits per heavy atom. The Labute approximate surface area is 112 Å². The highest BCUT2D eigenvalue weighted by molar-refractivity contribution is 5.40. The van der Waals surface area contributed by atoms with Crippen molar-refractivity contribution in [1.82, 2.24) is 9.97 Å². The van der Waals surface area contributed by atoms with Crippen LogP contribution in [0, 0.1) is 19.7 Å². The largest absolute Gasteiger partial charge is 0.336 e. The summed E-state index contributed by atoms with van der Waals surface area (Å²) in [6.07, 6.45) is 0.837. The van der Waals surface area contributed by atoms with Gasteiger partial charge in [-0.2, -0.15) is 0 Å². The van der Waals surface area contributed by atoms with E-state index in [0.717, 1.165) is 48.0 Å². The molecule has 4 heteroatoms. The zero-order valence-corrected chi connectivity index (χ0v) is 11.2. The van der Waals surface area contributed by atoms with E-state index >= 15 is 0 Å². The molecule has 0 spiro atoms. The van der Waals surface area contributed by atoms with Crippen molar-refractivity contribution in [2.24, 2.45) is 0 Å². The van der Waals surface area contributed by atoms with Gasteiger partial charge in [0.05, 0.1) is 0 Å². The van der Waals surface area contributed by atoms with Gasteiger partial charge < -0.3 is 4.90 Å². The summed E-state index contributed by atoms with van der Waals surface area (Å²) < 4.78 is 13.2. The van der Waals surface area contributed by atoms with Crippen LogP contribution in [0.4, 0.5) is 10.3 Å². The molecule has 2 heterocycles. The number of rotatable bonds is 1. The quantitative estimate of drug-likeness (QED) is 0.786. The van der Waals surface area contributed by atoms with Gasteiger partial charge in [-0.3, -0.25) is 0 Å². The van der Waals surface area contributed by atoms with Crippen LogP contribution < -0.4 is 4.90 Å². The molecule has 98 valence electrons. The molecule has 19 heavy (non-hydrogen) atoms. The first kappa shape index (κ1) is 12.1. The Bertz CT molecular complexity index is 605. The summed E-state index contributed by atoms with van der Waals surface area (Å²) in [5, 5.41) is 0. The third-order valence-electron chi connectivity index (χ3n) is 3.43. The molecule has 1 aliphatic rings. The van der Waals surface area contributed by atoms with Crippen molar-refractivity contribution in [1.29, 1.82) is 0 Å². The number of hydrogen-bond donors (Lipinski definition) is 0. The minimum atomic E-state index is -0.158. The lowest BCUT2D eigenvalue weighted by Crippen LogP contribution is -2.32. The van der Waals surface area contributed by atoms with Crippen LogP contribution in [0.15, 0.2) is 24.3 Å². The monoisotopic (exact) mass is 257 g/mol. The van der Waals surface area contributed by atoms with Crippen LogP contribution in [0.1, 0.15) is 22.5 Å². The van der Waals surface area contributed by atoms with Crippen LogP contribution in [-0.2, 0) is 13.0 Å². The van der Waals surface area contributed by atoms with Gasteiger partial charge in [0.15, 0.2) is 0 Å². The summed E-state index contributed by atoms with van der Waals surface area (Å²) in [6.45, 7) is 5.54. The Hall–Kier alpha value is -1.97. The van der Waals surface area contributed by atoms with Crippen molar-refractivity contribution >= 4 is 5.95 Å². The number of fused-ring (bicyclic) bond motifs is 1. The number of hydrogen-bond acceptors (Lipinski definition) is 3. The number of aromatic nitrogens is 2. The Balaban J connectivity index is 1.91. The molecule has 3 nitrogen and oxygen atoms in total. The van der Waals surface area contributed by atoms with E-state index in [4.69, 9.17) is 0 Å². The van der Waals surface area contributed by atoms with Gasteiger partial charge in [-0.1, -0.05) is 6.07 Å². The maximum absolute atomic E-state index is 13.2. The first-order valence-electron chi connectivity index (χ1n) is 6.46. The smallest absolute Gasteiger partial charge is 0.226 e. The molecule has 0 atom stereocenters. The number of benzene rings is 1. The summed E-state index contributed by atoms with van der Waals surface area (Å²) >= 11 is 0. The molecule has 3 rings (SSSR count). The topological polar surface area (TPSA) is 29.0 Å². The standard InChI is InChI=1S/C15H16FN3/c1-10-7-11(2)18-15(17-10)19-6-5-12-8-14(16)4-3-13(12)9-19/h3-4,7-8H,5-6,9H2,1-2H3. The van der Waals surface area contributed by atoms with Crippen LogP contribution in [0.2, 0.25) is 0 Å². The second-order valence-electron chi connectivity index (χ2n) is 5.04. The summed E-state index contributed by atoms with van der Waals surface area (Å²) in [5.74, 6) is 0.613. The molecule has 0 unspecified atom stereocenters. The minimum absolute atomic E-state index is 0.158. The van der Waals surface area contributed by atoms with E-state index in [2.05, 4.69) is 14.9 Å².